The van der Waals surface area contributed by atoms with E-state index in [2.05, 4.69) is 9.97 Å². The van der Waals surface area contributed by atoms with E-state index in [4.69, 9.17) is 23.2 Å². The molecule has 0 radical (unpaired) electrons. The first kappa shape index (κ1) is 6.58. The van der Waals surface area contributed by atoms with Gasteiger partial charge in [0.15, 0.2) is 0 Å². The molecule has 0 aromatic carbocycles. The van der Waals surface area contributed by atoms with Crippen molar-refractivity contribution in [2.45, 2.75) is 0 Å². The van der Waals surface area contributed by atoms with Gasteiger partial charge in [-0.1, -0.05) is 11.6 Å². The highest BCUT2D eigenvalue weighted by molar-refractivity contribution is 6.31. The molecule has 5 heteroatoms. The lowest BCUT2D eigenvalue weighted by atomic mass is 10.7. The zero-order chi connectivity index (χ0) is 6.85. The fourth-order valence-electron chi connectivity index (χ4n) is 0.358. The third-order valence-corrected chi connectivity index (χ3v) is 1.19. The van der Waals surface area contributed by atoms with Gasteiger partial charge in [0, 0.05) is 0 Å². The molecule has 0 fully saturated rings. The lowest BCUT2D eigenvalue weighted by molar-refractivity contribution is 1.12. The molecular weight excluding hydrogens is 163 g/mol. The van der Waals surface area contributed by atoms with Crippen molar-refractivity contribution in [3.63, 3.8) is 0 Å². The monoisotopic (exact) mass is 164 g/mol. The summed E-state index contributed by atoms with van der Waals surface area (Å²) in [5, 5.41) is 0.0869. The van der Waals surface area contributed by atoms with Gasteiger partial charge in [0.05, 0.1) is 6.20 Å². The van der Waals surface area contributed by atoms with Gasteiger partial charge in [0.2, 0.25) is 5.28 Å². The number of halogens is 2. The molecule has 0 amide bonds. The minimum absolute atomic E-state index is 0.0411. The molecule has 0 bridgehead atoms. The maximum Gasteiger partial charge on any atom is 0.270 e. The number of nitrogens with zero attached hydrogens (tertiary/aromatic N) is 1. The second-order valence-corrected chi connectivity index (χ2v) is 2.12. The predicted molar refractivity (Wildman–Crippen MR) is 34.9 cm³/mol. The topological polar surface area (TPSA) is 45.8 Å². The van der Waals surface area contributed by atoms with E-state index in [1.807, 2.05) is 0 Å². The van der Waals surface area contributed by atoms with Gasteiger partial charge >= 0.3 is 0 Å². The second-order valence-electron chi connectivity index (χ2n) is 1.35. The van der Waals surface area contributed by atoms with Gasteiger partial charge in [-0.05, 0) is 11.6 Å². The van der Waals surface area contributed by atoms with E-state index in [9.17, 15) is 4.79 Å². The zero-order valence-electron chi connectivity index (χ0n) is 4.19. The quantitative estimate of drug-likeness (QED) is 0.584. The Bertz CT molecular complexity index is 270. The summed E-state index contributed by atoms with van der Waals surface area (Å²) in [7, 11) is 0. The number of hydrogen-bond donors (Lipinski definition) is 1. The summed E-state index contributed by atoms with van der Waals surface area (Å²) in [6.07, 6.45) is 1.20. The van der Waals surface area contributed by atoms with E-state index in [1.165, 1.54) is 6.20 Å². The molecule has 48 valence electrons. The van der Waals surface area contributed by atoms with Gasteiger partial charge in [-0.25, -0.2) is 4.98 Å². The molecule has 1 N–H and O–H groups in total. The van der Waals surface area contributed by atoms with E-state index in [1.54, 1.807) is 0 Å². The van der Waals surface area contributed by atoms with Crippen LogP contribution in [0.15, 0.2) is 11.0 Å². The van der Waals surface area contributed by atoms with Gasteiger partial charge in [0.25, 0.3) is 5.56 Å². The van der Waals surface area contributed by atoms with Crippen LogP contribution in [0.3, 0.4) is 0 Å². The minimum Gasteiger partial charge on any atom is -0.296 e. The summed E-state index contributed by atoms with van der Waals surface area (Å²) in [6.45, 7) is 0. The minimum atomic E-state index is -0.420. The van der Waals surface area contributed by atoms with E-state index >= 15 is 0 Å². The molecule has 1 aromatic rings. The summed E-state index contributed by atoms with van der Waals surface area (Å²) in [4.78, 5) is 16.3. The lowest BCUT2D eigenvalue weighted by Crippen LogP contribution is -2.06. The smallest absolute Gasteiger partial charge is 0.270 e. The van der Waals surface area contributed by atoms with Crippen LogP contribution >= 0.6 is 23.2 Å². The first-order valence-corrected chi connectivity index (χ1v) is 2.86. The first-order valence-electron chi connectivity index (χ1n) is 2.10. The number of aromatic nitrogens is 2. The van der Waals surface area contributed by atoms with Crippen molar-refractivity contribution < 1.29 is 0 Å². The number of nitrogens with one attached hydrogen (secondary N) is 1. The summed E-state index contributed by atoms with van der Waals surface area (Å²) in [5.41, 5.74) is -0.420. The Kier molecular flexibility index (Phi) is 1.73. The Balaban J connectivity index is 3.34. The Morgan fingerprint density at radius 2 is 2.22 bits per heavy atom. The fraction of sp³-hybridized carbons (Fsp3) is 0. The van der Waals surface area contributed by atoms with Crippen LogP contribution in [0.1, 0.15) is 0 Å². The molecule has 0 aliphatic heterocycles. The zero-order valence-corrected chi connectivity index (χ0v) is 5.70. The first-order chi connectivity index (χ1) is 4.20. The van der Waals surface area contributed by atoms with Crippen LogP contribution in [0.4, 0.5) is 0 Å². The lowest BCUT2D eigenvalue weighted by Gasteiger charge is -1.86. The number of H-pyrrole nitrogens is 1. The number of rotatable bonds is 0. The molecule has 9 heavy (non-hydrogen) atoms. The summed E-state index contributed by atoms with van der Waals surface area (Å²) in [6, 6.07) is 0. The summed E-state index contributed by atoms with van der Waals surface area (Å²) < 4.78 is 0. The van der Waals surface area contributed by atoms with Crippen LogP contribution < -0.4 is 5.56 Å². The van der Waals surface area contributed by atoms with Gasteiger partial charge in [-0.15, -0.1) is 0 Å². The molecule has 0 unspecified atom stereocenters. The second kappa shape index (κ2) is 2.37. The Morgan fingerprint density at radius 3 is 2.67 bits per heavy atom. The van der Waals surface area contributed by atoms with Crippen molar-refractivity contribution in [3.8, 4) is 0 Å². The van der Waals surface area contributed by atoms with E-state index < -0.39 is 5.56 Å². The molecule has 0 atom stereocenters. The highest BCUT2D eigenvalue weighted by Gasteiger charge is 1.94. The van der Waals surface area contributed by atoms with Gasteiger partial charge in [-0.3, -0.25) is 9.78 Å². The highest BCUT2D eigenvalue weighted by atomic mass is 35.5. The van der Waals surface area contributed by atoms with Crippen LogP contribution in [-0.4, -0.2) is 9.97 Å². The molecule has 0 spiro atoms. The average molecular weight is 165 g/mol. The standard InChI is InChI=1S/C4H2Cl2N2O/c5-2-1-7-4(6)8-3(2)9/h1H,(H,7,8,9). The molecule has 1 aromatic heterocycles. The van der Waals surface area contributed by atoms with Crippen LogP contribution in [0, 0.1) is 0 Å². The van der Waals surface area contributed by atoms with Gasteiger partial charge in [-0.2, -0.15) is 0 Å². The maximum atomic E-state index is 10.5. The normalized spacial score (nSPS) is 9.56. The molecule has 0 saturated heterocycles. The van der Waals surface area contributed by atoms with E-state index in [0.29, 0.717) is 0 Å². The largest absolute Gasteiger partial charge is 0.296 e. The molecule has 0 aliphatic carbocycles. The van der Waals surface area contributed by atoms with Crippen molar-refractivity contribution >= 4 is 23.2 Å². The predicted octanol–water partition coefficient (Wildman–Crippen LogP) is 1.08. The van der Waals surface area contributed by atoms with Crippen molar-refractivity contribution in [3.05, 3.63) is 26.9 Å². The van der Waals surface area contributed by atoms with Crippen molar-refractivity contribution in [1.29, 1.82) is 0 Å². The van der Waals surface area contributed by atoms with Gasteiger partial charge in [0.1, 0.15) is 5.02 Å². The Hall–Kier alpha value is -0.540. The third kappa shape index (κ3) is 1.43. The van der Waals surface area contributed by atoms with Crippen molar-refractivity contribution in [2.75, 3.05) is 0 Å². The van der Waals surface area contributed by atoms with Crippen LogP contribution in [0.2, 0.25) is 10.3 Å². The molecule has 0 saturated carbocycles. The maximum absolute atomic E-state index is 10.5. The molecule has 0 aliphatic rings. The van der Waals surface area contributed by atoms with E-state index in [-0.39, 0.29) is 10.3 Å². The Labute approximate surface area is 60.6 Å². The summed E-state index contributed by atoms with van der Waals surface area (Å²) >= 11 is 10.6. The third-order valence-electron chi connectivity index (χ3n) is 0.725. The van der Waals surface area contributed by atoms with Crippen molar-refractivity contribution in [1.82, 2.24) is 9.97 Å². The molecule has 3 nitrogen and oxygen atoms in total. The van der Waals surface area contributed by atoms with E-state index in [0.717, 1.165) is 0 Å². The Morgan fingerprint density at radius 1 is 1.56 bits per heavy atom. The van der Waals surface area contributed by atoms with Crippen LogP contribution in [0.5, 0.6) is 0 Å². The average Bonchev–Trinajstić information content (AvgIpc) is 1.80. The molecule has 1 rings (SSSR count). The van der Waals surface area contributed by atoms with Gasteiger partial charge < -0.3 is 0 Å². The SMILES string of the molecule is O=c1[nH]c(Cl)ncc1Cl. The van der Waals surface area contributed by atoms with Crippen LogP contribution in [-0.2, 0) is 0 Å². The molecular formula is C4H2Cl2N2O. The highest BCUT2D eigenvalue weighted by Crippen LogP contribution is 1.99. The number of aromatic amines is 1. The number of hydrogen-bond acceptors (Lipinski definition) is 2. The molecule has 1 heterocycles. The van der Waals surface area contributed by atoms with Crippen LogP contribution in [0.25, 0.3) is 0 Å². The fourth-order valence-corrected chi connectivity index (χ4v) is 0.588. The van der Waals surface area contributed by atoms with Crippen molar-refractivity contribution in [2.24, 2.45) is 0 Å². The summed E-state index contributed by atoms with van der Waals surface area (Å²) in [5.74, 6) is 0.